The van der Waals surface area contributed by atoms with Crippen LogP contribution in [0.25, 0.3) is 0 Å². The molecule has 1 heterocycles. The molecule has 0 spiro atoms. The number of nitrogens with one attached hydrogen (secondary N) is 1. The van der Waals surface area contributed by atoms with Crippen molar-refractivity contribution in [1.29, 1.82) is 0 Å². The summed E-state index contributed by atoms with van der Waals surface area (Å²) in [6.07, 6.45) is 5.65. The molecule has 0 saturated heterocycles. The molecule has 1 aromatic heterocycles. The molecular weight excluding hydrogens is 228 g/mol. The quantitative estimate of drug-likeness (QED) is 0.608. The third kappa shape index (κ3) is 3.35. The van der Waals surface area contributed by atoms with E-state index in [1.54, 1.807) is 13.3 Å². The van der Waals surface area contributed by atoms with Crippen molar-refractivity contribution in [3.63, 3.8) is 0 Å². The first-order valence-electron chi connectivity index (χ1n) is 6.31. The summed E-state index contributed by atoms with van der Waals surface area (Å²) in [5.41, 5.74) is 6.76. The zero-order valence-corrected chi connectivity index (χ0v) is 10.7. The number of hydrogen-bond donors (Lipinski definition) is 2. The zero-order valence-electron chi connectivity index (χ0n) is 10.7. The van der Waals surface area contributed by atoms with Crippen molar-refractivity contribution in [3.05, 3.63) is 23.9 Å². The maximum Gasteiger partial charge on any atom is 0.218 e. The largest absolute Gasteiger partial charge is 0.481 e. The minimum absolute atomic E-state index is 0.487. The highest BCUT2D eigenvalue weighted by Gasteiger charge is 2.16. The average Bonchev–Trinajstić information content (AvgIpc) is 2.35. The molecule has 0 aromatic carbocycles. The highest BCUT2D eigenvalue weighted by Crippen LogP contribution is 2.25. The Bertz CT molecular complexity index is 415. The first-order valence-corrected chi connectivity index (χ1v) is 6.31. The molecule has 5 heteroatoms. The second-order valence-corrected chi connectivity index (χ2v) is 4.55. The van der Waals surface area contributed by atoms with E-state index >= 15 is 0 Å². The van der Waals surface area contributed by atoms with Gasteiger partial charge in [-0.1, -0.05) is 12.5 Å². The van der Waals surface area contributed by atoms with Gasteiger partial charge in [0.1, 0.15) is 0 Å². The monoisotopic (exact) mass is 248 g/mol. The van der Waals surface area contributed by atoms with E-state index in [2.05, 4.69) is 15.3 Å². The maximum atomic E-state index is 5.82. The van der Waals surface area contributed by atoms with E-state index in [0.717, 1.165) is 18.0 Å². The Labute approximate surface area is 107 Å². The molecule has 98 valence electrons. The highest BCUT2D eigenvalue weighted by atomic mass is 16.5. The van der Waals surface area contributed by atoms with Crippen molar-refractivity contribution in [2.75, 3.05) is 13.7 Å². The molecule has 0 aliphatic heterocycles. The molecule has 0 radical (unpaired) electrons. The van der Waals surface area contributed by atoms with Crippen molar-refractivity contribution < 1.29 is 4.74 Å². The summed E-state index contributed by atoms with van der Waals surface area (Å²) in [5.74, 6) is 1.87. The van der Waals surface area contributed by atoms with Gasteiger partial charge in [0.05, 0.1) is 13.7 Å². The van der Waals surface area contributed by atoms with Crippen LogP contribution in [0.2, 0.25) is 0 Å². The molecular formula is C13H20N4O. The molecule has 3 N–H and O–H groups in total. The number of nitrogens with zero attached hydrogens (tertiary/aromatic N) is 2. The lowest BCUT2D eigenvalue weighted by Gasteiger charge is -2.25. The van der Waals surface area contributed by atoms with Crippen LogP contribution in [0, 0.1) is 5.92 Å². The van der Waals surface area contributed by atoms with Crippen molar-refractivity contribution in [2.24, 2.45) is 16.6 Å². The summed E-state index contributed by atoms with van der Waals surface area (Å²) < 4.78 is 5.16. The van der Waals surface area contributed by atoms with Gasteiger partial charge in [0.15, 0.2) is 5.96 Å². The second kappa shape index (κ2) is 6.23. The van der Waals surface area contributed by atoms with Crippen LogP contribution in [0.4, 0.5) is 0 Å². The summed E-state index contributed by atoms with van der Waals surface area (Å²) in [5, 5.41) is 3.16. The van der Waals surface area contributed by atoms with Crippen LogP contribution in [0.15, 0.2) is 23.3 Å². The van der Waals surface area contributed by atoms with Crippen molar-refractivity contribution in [3.8, 4) is 5.88 Å². The van der Waals surface area contributed by atoms with Crippen LogP contribution in [0.5, 0.6) is 5.88 Å². The fourth-order valence-corrected chi connectivity index (χ4v) is 1.90. The summed E-state index contributed by atoms with van der Waals surface area (Å²) in [6, 6.07) is 3.81. The number of guanidine groups is 1. The predicted molar refractivity (Wildman–Crippen MR) is 71.5 cm³/mol. The molecule has 1 saturated carbocycles. The topological polar surface area (TPSA) is 72.5 Å². The molecule has 0 bridgehead atoms. The van der Waals surface area contributed by atoms with Crippen molar-refractivity contribution >= 4 is 5.96 Å². The Hall–Kier alpha value is -1.78. The summed E-state index contributed by atoms with van der Waals surface area (Å²) in [4.78, 5) is 8.42. The minimum Gasteiger partial charge on any atom is -0.481 e. The summed E-state index contributed by atoms with van der Waals surface area (Å²) >= 11 is 0. The number of pyridine rings is 1. The third-order valence-corrected chi connectivity index (χ3v) is 3.26. The fraction of sp³-hybridized carbons (Fsp3) is 0.538. The number of methoxy groups -OCH3 is 1. The van der Waals surface area contributed by atoms with Gasteiger partial charge in [-0.15, -0.1) is 0 Å². The molecule has 0 unspecified atom stereocenters. The van der Waals surface area contributed by atoms with Gasteiger partial charge in [-0.3, -0.25) is 0 Å². The van der Waals surface area contributed by atoms with Gasteiger partial charge < -0.3 is 15.8 Å². The van der Waals surface area contributed by atoms with E-state index in [1.807, 2.05) is 12.1 Å². The number of aliphatic imine (C=N–C) groups is 1. The van der Waals surface area contributed by atoms with Gasteiger partial charge in [-0.2, -0.15) is 0 Å². The van der Waals surface area contributed by atoms with Crippen LogP contribution in [0.1, 0.15) is 24.8 Å². The lowest BCUT2D eigenvalue weighted by molar-refractivity contribution is 0.315. The molecule has 5 nitrogen and oxygen atoms in total. The molecule has 1 aliphatic carbocycles. The molecule has 2 rings (SSSR count). The van der Waals surface area contributed by atoms with Gasteiger partial charge in [0.2, 0.25) is 5.88 Å². The van der Waals surface area contributed by atoms with Gasteiger partial charge in [-0.25, -0.2) is 9.98 Å². The van der Waals surface area contributed by atoms with Crippen molar-refractivity contribution in [1.82, 2.24) is 10.3 Å². The Morgan fingerprint density at radius 1 is 1.61 bits per heavy atom. The van der Waals surface area contributed by atoms with E-state index in [4.69, 9.17) is 10.5 Å². The van der Waals surface area contributed by atoms with Crippen LogP contribution in [-0.4, -0.2) is 24.6 Å². The Kier molecular flexibility index (Phi) is 4.39. The van der Waals surface area contributed by atoms with Gasteiger partial charge in [0.25, 0.3) is 0 Å². The summed E-state index contributed by atoms with van der Waals surface area (Å²) in [7, 11) is 1.60. The second-order valence-electron chi connectivity index (χ2n) is 4.55. The van der Waals surface area contributed by atoms with Gasteiger partial charge in [0, 0.05) is 18.3 Å². The van der Waals surface area contributed by atoms with Crippen LogP contribution < -0.4 is 15.8 Å². The number of hydrogen-bond acceptors (Lipinski definition) is 3. The van der Waals surface area contributed by atoms with E-state index in [-0.39, 0.29) is 0 Å². The molecule has 1 aromatic rings. The molecule has 1 fully saturated rings. The Morgan fingerprint density at radius 3 is 3.11 bits per heavy atom. The molecule has 0 atom stereocenters. The minimum atomic E-state index is 0.487. The number of ether oxygens (including phenoxy) is 1. The lowest BCUT2D eigenvalue weighted by atomic mass is 9.85. The maximum absolute atomic E-state index is 5.82. The molecule has 0 amide bonds. The van der Waals surface area contributed by atoms with E-state index in [0.29, 0.717) is 18.4 Å². The SMILES string of the molecule is COc1ncccc1CN=C(N)NCC1CCC1. The molecule has 18 heavy (non-hydrogen) atoms. The third-order valence-electron chi connectivity index (χ3n) is 3.26. The standard InChI is InChI=1S/C13H20N4O/c1-18-12-11(6-3-7-15-12)9-17-13(14)16-8-10-4-2-5-10/h3,6-7,10H,2,4-5,8-9H2,1H3,(H3,14,16,17). The number of rotatable bonds is 5. The fourth-order valence-electron chi connectivity index (χ4n) is 1.90. The predicted octanol–water partition coefficient (Wildman–Crippen LogP) is 1.29. The lowest BCUT2D eigenvalue weighted by Crippen LogP contribution is -2.37. The van der Waals surface area contributed by atoms with Crippen molar-refractivity contribution in [2.45, 2.75) is 25.8 Å². The molecule has 1 aliphatic rings. The Balaban J connectivity index is 1.84. The highest BCUT2D eigenvalue weighted by molar-refractivity contribution is 5.77. The van der Waals surface area contributed by atoms with Crippen LogP contribution in [0.3, 0.4) is 0 Å². The summed E-state index contributed by atoms with van der Waals surface area (Å²) in [6.45, 7) is 1.42. The smallest absolute Gasteiger partial charge is 0.218 e. The first kappa shape index (κ1) is 12.7. The normalized spacial score (nSPS) is 16.2. The Morgan fingerprint density at radius 2 is 2.44 bits per heavy atom. The van der Waals surface area contributed by atoms with E-state index < -0.39 is 0 Å². The zero-order chi connectivity index (χ0) is 12.8. The number of nitrogens with two attached hydrogens (primary N) is 1. The number of aromatic nitrogens is 1. The van der Waals surface area contributed by atoms with E-state index in [9.17, 15) is 0 Å². The van der Waals surface area contributed by atoms with Gasteiger partial charge >= 0.3 is 0 Å². The first-order chi connectivity index (χ1) is 8.79. The van der Waals surface area contributed by atoms with E-state index in [1.165, 1.54) is 19.3 Å². The van der Waals surface area contributed by atoms with Gasteiger partial charge in [-0.05, 0) is 24.8 Å². The average molecular weight is 248 g/mol. The van der Waals surface area contributed by atoms with Crippen LogP contribution >= 0.6 is 0 Å². The van der Waals surface area contributed by atoms with Crippen LogP contribution in [-0.2, 0) is 6.54 Å².